The highest BCUT2D eigenvalue weighted by Gasteiger charge is 2.22. The molecule has 150 valence electrons. The fourth-order valence-electron chi connectivity index (χ4n) is 4.56. The molecule has 0 atom stereocenters. The fraction of sp³-hybridized carbons (Fsp3) is 0.458. The van der Waals surface area contributed by atoms with Gasteiger partial charge in [-0.3, -0.25) is 0 Å². The summed E-state index contributed by atoms with van der Waals surface area (Å²) in [5.41, 5.74) is 2.17. The lowest BCUT2D eigenvalue weighted by molar-refractivity contribution is 0.0695. The summed E-state index contributed by atoms with van der Waals surface area (Å²) in [6.45, 7) is 2.23. The first-order valence-electron chi connectivity index (χ1n) is 10.3. The van der Waals surface area contributed by atoms with Crippen LogP contribution >= 0.6 is 0 Å². The van der Waals surface area contributed by atoms with Crippen LogP contribution < -0.4 is 0 Å². The minimum absolute atomic E-state index is 0.252. The molecule has 1 fully saturated rings. The van der Waals surface area contributed by atoms with E-state index in [9.17, 15) is 18.7 Å². The van der Waals surface area contributed by atoms with Crippen LogP contribution in [0.1, 0.15) is 67.8 Å². The summed E-state index contributed by atoms with van der Waals surface area (Å²) >= 11 is 0. The molecule has 2 nitrogen and oxygen atoms in total. The van der Waals surface area contributed by atoms with E-state index in [1.54, 1.807) is 18.2 Å². The summed E-state index contributed by atoms with van der Waals surface area (Å²) in [6, 6.07) is 8.82. The Kier molecular flexibility index (Phi) is 6.82. The van der Waals surface area contributed by atoms with Gasteiger partial charge in [0, 0.05) is 0 Å². The topological polar surface area (TPSA) is 37.3 Å². The van der Waals surface area contributed by atoms with Crippen molar-refractivity contribution in [3.8, 4) is 11.1 Å². The number of carbonyl (C=O) groups is 1. The zero-order chi connectivity index (χ0) is 20.1. The lowest BCUT2D eigenvalue weighted by Gasteiger charge is -2.28. The van der Waals surface area contributed by atoms with E-state index >= 15 is 0 Å². The molecule has 1 aliphatic carbocycles. The first-order chi connectivity index (χ1) is 13.5. The summed E-state index contributed by atoms with van der Waals surface area (Å²) < 4.78 is 27.1. The second-order valence-electron chi connectivity index (χ2n) is 7.98. The van der Waals surface area contributed by atoms with Gasteiger partial charge in [0.15, 0.2) is 11.6 Å². The number of rotatable bonds is 7. The summed E-state index contributed by atoms with van der Waals surface area (Å²) in [4.78, 5) is 11.8. The number of aromatic carboxylic acids is 1. The first kappa shape index (κ1) is 20.5. The van der Waals surface area contributed by atoms with Gasteiger partial charge in [0.2, 0.25) is 0 Å². The van der Waals surface area contributed by atoms with Crippen molar-refractivity contribution in [2.75, 3.05) is 0 Å². The molecule has 0 bridgehead atoms. The van der Waals surface area contributed by atoms with Crippen LogP contribution in [-0.4, -0.2) is 11.1 Å². The number of halogens is 2. The molecule has 2 aromatic carbocycles. The van der Waals surface area contributed by atoms with Gasteiger partial charge in [0.1, 0.15) is 0 Å². The standard InChI is InChI=1S/C24H28F2O2/c1-2-4-16-7-9-17(10-8-16)11-13-20-19(5-3-6-21(20)24(27)28)18-12-14-22(25)23(26)15-18/h3,5-6,12,14-17H,2,4,7-11,13H2,1H3,(H,27,28)/t16-,17-. The van der Waals surface area contributed by atoms with Crippen LogP contribution in [0.4, 0.5) is 8.78 Å². The van der Waals surface area contributed by atoms with Crippen LogP contribution in [-0.2, 0) is 6.42 Å². The highest BCUT2D eigenvalue weighted by Crippen LogP contribution is 2.35. The average molecular weight is 386 g/mol. The molecular formula is C24H28F2O2. The van der Waals surface area contributed by atoms with Gasteiger partial charge in [-0.15, -0.1) is 0 Å². The molecule has 28 heavy (non-hydrogen) atoms. The van der Waals surface area contributed by atoms with Crippen LogP contribution in [0.5, 0.6) is 0 Å². The molecule has 0 radical (unpaired) electrons. The van der Waals surface area contributed by atoms with E-state index in [0.29, 0.717) is 23.5 Å². The van der Waals surface area contributed by atoms with E-state index in [0.717, 1.165) is 30.0 Å². The molecule has 0 aliphatic heterocycles. The van der Waals surface area contributed by atoms with Crippen LogP contribution in [0.3, 0.4) is 0 Å². The predicted molar refractivity (Wildman–Crippen MR) is 107 cm³/mol. The van der Waals surface area contributed by atoms with Gasteiger partial charge in [0.25, 0.3) is 0 Å². The van der Waals surface area contributed by atoms with Crippen molar-refractivity contribution in [1.29, 1.82) is 0 Å². The third-order valence-electron chi connectivity index (χ3n) is 6.10. The zero-order valence-corrected chi connectivity index (χ0v) is 16.4. The maximum absolute atomic E-state index is 13.7. The van der Waals surface area contributed by atoms with Crippen molar-refractivity contribution in [2.24, 2.45) is 11.8 Å². The van der Waals surface area contributed by atoms with Crippen LogP contribution in [0.15, 0.2) is 36.4 Å². The Morgan fingerprint density at radius 2 is 1.68 bits per heavy atom. The van der Waals surface area contributed by atoms with Crippen LogP contribution in [0, 0.1) is 23.5 Å². The Morgan fingerprint density at radius 1 is 1.00 bits per heavy atom. The number of benzene rings is 2. The number of hydrogen-bond acceptors (Lipinski definition) is 1. The van der Waals surface area contributed by atoms with Gasteiger partial charge in [-0.1, -0.05) is 63.6 Å². The quantitative estimate of drug-likeness (QED) is 0.564. The molecule has 1 aliphatic rings. The summed E-state index contributed by atoms with van der Waals surface area (Å²) in [6.07, 6.45) is 9.01. The lowest BCUT2D eigenvalue weighted by Crippen LogP contribution is -2.16. The van der Waals surface area contributed by atoms with Crippen molar-refractivity contribution >= 4 is 5.97 Å². The van der Waals surface area contributed by atoms with Crippen molar-refractivity contribution in [3.05, 3.63) is 59.2 Å². The molecule has 0 spiro atoms. The van der Waals surface area contributed by atoms with E-state index < -0.39 is 17.6 Å². The van der Waals surface area contributed by atoms with Crippen LogP contribution in [0.2, 0.25) is 0 Å². The second kappa shape index (κ2) is 9.31. The number of carboxylic acid groups (broad SMARTS) is 1. The fourth-order valence-corrected chi connectivity index (χ4v) is 4.56. The Bertz CT molecular complexity index is 823. The molecule has 0 aromatic heterocycles. The molecule has 0 saturated heterocycles. The smallest absolute Gasteiger partial charge is 0.335 e. The van der Waals surface area contributed by atoms with Crippen molar-refractivity contribution in [1.82, 2.24) is 0 Å². The van der Waals surface area contributed by atoms with E-state index in [-0.39, 0.29) is 5.56 Å². The van der Waals surface area contributed by atoms with Crippen molar-refractivity contribution < 1.29 is 18.7 Å². The van der Waals surface area contributed by atoms with Crippen molar-refractivity contribution in [2.45, 2.75) is 58.3 Å². The Balaban J connectivity index is 1.81. The van der Waals surface area contributed by atoms with E-state index in [1.807, 2.05) is 0 Å². The molecule has 3 rings (SSSR count). The number of hydrogen-bond donors (Lipinski definition) is 1. The van der Waals surface area contributed by atoms with Gasteiger partial charge in [-0.25, -0.2) is 13.6 Å². The lowest BCUT2D eigenvalue weighted by atomic mass is 9.77. The van der Waals surface area contributed by atoms with Gasteiger partial charge in [0.05, 0.1) is 5.56 Å². The molecule has 0 amide bonds. The third kappa shape index (κ3) is 4.78. The third-order valence-corrected chi connectivity index (χ3v) is 6.10. The van der Waals surface area contributed by atoms with E-state index in [2.05, 4.69) is 6.92 Å². The normalized spacial score (nSPS) is 19.5. The SMILES string of the molecule is CCC[C@H]1CC[C@H](CCc2c(C(=O)O)cccc2-c2ccc(F)c(F)c2)CC1. The molecule has 1 saturated carbocycles. The minimum atomic E-state index is -0.980. The minimum Gasteiger partial charge on any atom is -0.478 e. The monoisotopic (exact) mass is 386 g/mol. The van der Waals surface area contributed by atoms with E-state index in [1.165, 1.54) is 44.6 Å². The zero-order valence-electron chi connectivity index (χ0n) is 16.4. The maximum atomic E-state index is 13.7. The molecule has 0 heterocycles. The Morgan fingerprint density at radius 3 is 2.29 bits per heavy atom. The molecule has 0 unspecified atom stereocenters. The van der Waals surface area contributed by atoms with Crippen LogP contribution in [0.25, 0.3) is 11.1 Å². The van der Waals surface area contributed by atoms with Gasteiger partial charge >= 0.3 is 5.97 Å². The second-order valence-corrected chi connectivity index (χ2v) is 7.98. The molecule has 2 aromatic rings. The summed E-state index contributed by atoms with van der Waals surface area (Å²) in [5.74, 6) is -1.36. The molecular weight excluding hydrogens is 358 g/mol. The maximum Gasteiger partial charge on any atom is 0.335 e. The summed E-state index contributed by atoms with van der Waals surface area (Å²) in [7, 11) is 0. The Labute approximate surface area is 165 Å². The largest absolute Gasteiger partial charge is 0.478 e. The highest BCUT2D eigenvalue weighted by molar-refractivity contribution is 5.92. The van der Waals surface area contributed by atoms with Gasteiger partial charge in [-0.05, 0) is 59.6 Å². The van der Waals surface area contributed by atoms with Gasteiger partial charge < -0.3 is 5.11 Å². The van der Waals surface area contributed by atoms with Gasteiger partial charge in [-0.2, -0.15) is 0 Å². The van der Waals surface area contributed by atoms with E-state index in [4.69, 9.17) is 0 Å². The highest BCUT2D eigenvalue weighted by atomic mass is 19.2. The predicted octanol–water partition coefficient (Wildman–Crippen LogP) is 6.87. The Hall–Kier alpha value is -2.23. The first-order valence-corrected chi connectivity index (χ1v) is 10.3. The average Bonchev–Trinajstić information content (AvgIpc) is 2.69. The summed E-state index contributed by atoms with van der Waals surface area (Å²) in [5, 5.41) is 9.63. The van der Waals surface area contributed by atoms with Crippen molar-refractivity contribution in [3.63, 3.8) is 0 Å². The number of carboxylic acids is 1. The molecule has 4 heteroatoms. The molecule has 1 N–H and O–H groups in total.